The Morgan fingerprint density at radius 2 is 2.21 bits per heavy atom. The van der Waals surface area contributed by atoms with Crippen molar-refractivity contribution in [2.75, 3.05) is 32.1 Å². The van der Waals surface area contributed by atoms with Crippen LogP contribution in [-0.4, -0.2) is 49.7 Å². The van der Waals surface area contributed by atoms with Crippen LogP contribution < -0.4 is 5.32 Å². The van der Waals surface area contributed by atoms with E-state index in [0.717, 1.165) is 36.4 Å². The van der Waals surface area contributed by atoms with Gasteiger partial charge in [-0.1, -0.05) is 6.07 Å². The third kappa shape index (κ3) is 5.20. The Kier molecular flexibility index (Phi) is 7.23. The summed E-state index contributed by atoms with van der Waals surface area (Å²) in [7, 11) is 1.35. The van der Waals surface area contributed by atoms with Gasteiger partial charge in [-0.3, -0.25) is 9.69 Å². The number of amides is 1. The van der Waals surface area contributed by atoms with Crippen molar-refractivity contribution in [1.29, 1.82) is 0 Å². The summed E-state index contributed by atoms with van der Waals surface area (Å²) in [4.78, 5) is 29.2. The molecule has 8 heteroatoms. The minimum absolute atomic E-state index is 0.138. The monoisotopic (exact) mass is 422 g/mol. The number of carbonyl (C=O) groups is 2. The SMILES string of the molecule is COC(=O)c1c(NC(=O)CN(Cc2cccs2)CC2CCCO2)sc(C)c1C. The highest BCUT2D eigenvalue weighted by Crippen LogP contribution is 2.33. The van der Waals surface area contributed by atoms with Gasteiger partial charge in [-0.25, -0.2) is 4.79 Å². The molecule has 1 aliphatic heterocycles. The molecule has 0 spiro atoms. The highest BCUT2D eigenvalue weighted by atomic mass is 32.1. The second-order valence-corrected chi connectivity index (χ2v) is 9.17. The molecule has 152 valence electrons. The predicted molar refractivity (Wildman–Crippen MR) is 112 cm³/mol. The summed E-state index contributed by atoms with van der Waals surface area (Å²) in [5.41, 5.74) is 1.30. The number of rotatable bonds is 8. The van der Waals surface area contributed by atoms with Crippen LogP contribution in [0.25, 0.3) is 0 Å². The predicted octanol–water partition coefficient (Wildman–Crippen LogP) is 3.83. The molecule has 0 bridgehead atoms. The van der Waals surface area contributed by atoms with Crippen LogP contribution in [0.5, 0.6) is 0 Å². The molecule has 3 rings (SSSR count). The van der Waals surface area contributed by atoms with Crippen LogP contribution in [0.15, 0.2) is 17.5 Å². The van der Waals surface area contributed by atoms with Crippen LogP contribution >= 0.6 is 22.7 Å². The van der Waals surface area contributed by atoms with Crippen molar-refractivity contribution in [1.82, 2.24) is 4.90 Å². The lowest BCUT2D eigenvalue weighted by molar-refractivity contribution is -0.117. The number of methoxy groups -OCH3 is 1. The molecule has 0 aromatic carbocycles. The maximum Gasteiger partial charge on any atom is 0.341 e. The summed E-state index contributed by atoms with van der Waals surface area (Å²) in [6.07, 6.45) is 2.27. The van der Waals surface area contributed by atoms with E-state index in [-0.39, 0.29) is 18.6 Å². The lowest BCUT2D eigenvalue weighted by Crippen LogP contribution is -2.37. The van der Waals surface area contributed by atoms with Crippen LogP contribution in [0.2, 0.25) is 0 Å². The Morgan fingerprint density at radius 3 is 2.86 bits per heavy atom. The fourth-order valence-corrected chi connectivity index (χ4v) is 5.13. The molecule has 1 amide bonds. The summed E-state index contributed by atoms with van der Waals surface area (Å²) < 4.78 is 10.6. The number of thiophene rings is 2. The molecule has 1 fully saturated rings. The average Bonchev–Trinajstić information content (AvgIpc) is 3.39. The van der Waals surface area contributed by atoms with Crippen molar-refractivity contribution in [3.8, 4) is 0 Å². The zero-order chi connectivity index (χ0) is 20.1. The molecule has 2 aromatic heterocycles. The lowest BCUT2D eigenvalue weighted by Gasteiger charge is -2.24. The molecule has 1 atom stereocenters. The first-order chi connectivity index (χ1) is 13.5. The highest BCUT2D eigenvalue weighted by Gasteiger charge is 2.24. The molecule has 1 saturated heterocycles. The van der Waals surface area contributed by atoms with Gasteiger partial charge < -0.3 is 14.8 Å². The van der Waals surface area contributed by atoms with Crippen LogP contribution in [0.3, 0.4) is 0 Å². The summed E-state index contributed by atoms with van der Waals surface area (Å²) in [5.74, 6) is -0.562. The third-order valence-corrected chi connectivity index (χ3v) is 6.82. The molecule has 0 aliphatic carbocycles. The third-order valence-electron chi connectivity index (χ3n) is 4.84. The molecular formula is C20H26N2O4S2. The van der Waals surface area contributed by atoms with Gasteiger partial charge in [0, 0.05) is 29.5 Å². The molecule has 1 aliphatic rings. The number of hydrogen-bond acceptors (Lipinski definition) is 7. The summed E-state index contributed by atoms with van der Waals surface area (Å²) in [6, 6.07) is 4.09. The van der Waals surface area contributed by atoms with E-state index in [0.29, 0.717) is 17.1 Å². The number of nitrogens with one attached hydrogen (secondary N) is 1. The average molecular weight is 423 g/mol. The fraction of sp³-hybridized carbons (Fsp3) is 0.500. The Hall–Kier alpha value is -1.74. The number of anilines is 1. The molecule has 3 heterocycles. The number of aryl methyl sites for hydroxylation is 1. The molecular weight excluding hydrogens is 396 g/mol. The smallest absolute Gasteiger partial charge is 0.341 e. The molecule has 2 aromatic rings. The van der Waals surface area contributed by atoms with Gasteiger partial charge in [0.1, 0.15) is 5.00 Å². The maximum absolute atomic E-state index is 12.8. The van der Waals surface area contributed by atoms with E-state index >= 15 is 0 Å². The van der Waals surface area contributed by atoms with Gasteiger partial charge in [-0.15, -0.1) is 22.7 Å². The van der Waals surface area contributed by atoms with Crippen molar-refractivity contribution in [3.05, 3.63) is 38.4 Å². The molecule has 6 nitrogen and oxygen atoms in total. The van der Waals surface area contributed by atoms with Crippen LogP contribution in [0.4, 0.5) is 5.00 Å². The second kappa shape index (κ2) is 9.65. The maximum atomic E-state index is 12.8. The van der Waals surface area contributed by atoms with E-state index in [1.54, 1.807) is 11.3 Å². The van der Waals surface area contributed by atoms with E-state index in [1.807, 2.05) is 25.3 Å². The van der Waals surface area contributed by atoms with Crippen molar-refractivity contribution in [2.24, 2.45) is 0 Å². The van der Waals surface area contributed by atoms with Crippen molar-refractivity contribution in [2.45, 2.75) is 39.3 Å². The lowest BCUT2D eigenvalue weighted by atomic mass is 10.1. The Morgan fingerprint density at radius 1 is 1.39 bits per heavy atom. The first-order valence-electron chi connectivity index (χ1n) is 9.32. The van der Waals surface area contributed by atoms with Crippen molar-refractivity contribution in [3.63, 3.8) is 0 Å². The normalized spacial score (nSPS) is 16.5. The molecule has 0 saturated carbocycles. The minimum Gasteiger partial charge on any atom is -0.465 e. The van der Waals surface area contributed by atoms with E-state index in [1.165, 1.54) is 23.3 Å². The van der Waals surface area contributed by atoms with Crippen LogP contribution in [0, 0.1) is 13.8 Å². The molecule has 28 heavy (non-hydrogen) atoms. The number of hydrogen-bond donors (Lipinski definition) is 1. The van der Waals surface area contributed by atoms with Gasteiger partial charge in [0.25, 0.3) is 0 Å². The fourth-order valence-electron chi connectivity index (χ4n) is 3.32. The summed E-state index contributed by atoms with van der Waals surface area (Å²) >= 11 is 3.09. The molecule has 0 radical (unpaired) electrons. The Balaban J connectivity index is 1.69. The van der Waals surface area contributed by atoms with Gasteiger partial charge in [0.15, 0.2) is 0 Å². The second-order valence-electron chi connectivity index (χ2n) is 6.91. The summed E-state index contributed by atoms with van der Waals surface area (Å²) in [6.45, 7) is 6.26. The van der Waals surface area contributed by atoms with Gasteiger partial charge in [-0.2, -0.15) is 0 Å². The highest BCUT2D eigenvalue weighted by molar-refractivity contribution is 7.16. The minimum atomic E-state index is -0.424. The first-order valence-corrected chi connectivity index (χ1v) is 11.0. The summed E-state index contributed by atoms with van der Waals surface area (Å²) in [5, 5.41) is 5.52. The quantitative estimate of drug-likeness (QED) is 0.655. The standard InChI is InChI=1S/C20H26N2O4S2/c1-13-14(2)28-19(18(13)20(24)25-3)21-17(23)12-22(10-15-6-4-8-26-15)11-16-7-5-9-27-16/h5,7,9,15H,4,6,8,10-12H2,1-3H3,(H,21,23). The number of ether oxygens (including phenoxy) is 2. The van der Waals surface area contributed by atoms with E-state index in [9.17, 15) is 9.59 Å². The Bertz CT molecular complexity index is 811. The zero-order valence-electron chi connectivity index (χ0n) is 16.4. The topological polar surface area (TPSA) is 67.9 Å². The van der Waals surface area contributed by atoms with E-state index < -0.39 is 5.97 Å². The number of carbonyl (C=O) groups excluding carboxylic acids is 2. The molecule has 1 unspecified atom stereocenters. The number of esters is 1. The van der Waals surface area contributed by atoms with Crippen molar-refractivity contribution >= 4 is 39.6 Å². The largest absolute Gasteiger partial charge is 0.465 e. The first kappa shape index (κ1) is 21.0. The van der Waals surface area contributed by atoms with Gasteiger partial charge in [-0.05, 0) is 43.7 Å². The van der Waals surface area contributed by atoms with Gasteiger partial charge >= 0.3 is 5.97 Å². The van der Waals surface area contributed by atoms with Crippen molar-refractivity contribution < 1.29 is 19.1 Å². The molecule has 1 N–H and O–H groups in total. The van der Waals surface area contributed by atoms with E-state index in [2.05, 4.69) is 16.3 Å². The van der Waals surface area contributed by atoms with Gasteiger partial charge in [0.2, 0.25) is 5.91 Å². The van der Waals surface area contributed by atoms with E-state index in [4.69, 9.17) is 9.47 Å². The van der Waals surface area contributed by atoms with Gasteiger partial charge in [0.05, 0.1) is 25.3 Å². The van der Waals surface area contributed by atoms with Crippen LogP contribution in [-0.2, 0) is 20.8 Å². The Labute approximate surface area is 173 Å². The zero-order valence-corrected chi connectivity index (χ0v) is 18.1. The van der Waals surface area contributed by atoms with Crippen LogP contribution in [0.1, 0.15) is 38.5 Å². The number of nitrogens with zero attached hydrogens (tertiary/aromatic N) is 1.